The molecule has 0 fully saturated rings. The third kappa shape index (κ3) is 5.23. The quantitative estimate of drug-likeness (QED) is 0.160. The lowest BCUT2D eigenvalue weighted by molar-refractivity contribution is 0.719. The molecule has 0 aliphatic heterocycles. The highest BCUT2D eigenvalue weighted by atomic mass is 32.1. The van der Waals surface area contributed by atoms with E-state index >= 15 is 0 Å². The van der Waals surface area contributed by atoms with Crippen molar-refractivity contribution in [1.29, 1.82) is 0 Å². The van der Waals surface area contributed by atoms with Gasteiger partial charge >= 0.3 is 0 Å². The van der Waals surface area contributed by atoms with E-state index in [1.807, 2.05) is 11.3 Å². The van der Waals surface area contributed by atoms with Gasteiger partial charge in [-0.15, -0.1) is 17.8 Å². The second-order valence-electron chi connectivity index (χ2n) is 15.4. The minimum absolute atomic E-state index is 0.426. The first-order valence-electron chi connectivity index (χ1n) is 20.0. The molecule has 0 bridgehead atoms. The van der Waals surface area contributed by atoms with E-state index in [9.17, 15) is 0 Å². The predicted octanol–water partition coefficient (Wildman–Crippen LogP) is 14.9. The Bertz CT molecular complexity index is 3390. The number of thiophene rings is 1. The second-order valence-corrected chi connectivity index (χ2v) is 16.4. The number of para-hydroxylation sites is 2. The van der Waals surface area contributed by atoms with Gasteiger partial charge in [0.2, 0.25) is 0 Å². The molecule has 0 spiro atoms. The van der Waals surface area contributed by atoms with Gasteiger partial charge in [-0.1, -0.05) is 146 Å². The first kappa shape index (κ1) is 34.3. The van der Waals surface area contributed by atoms with E-state index in [0.717, 1.165) is 51.0 Å². The number of rotatable bonds is 5. The third-order valence-corrected chi connectivity index (χ3v) is 13.1. The Hall–Kier alpha value is -6.99. The van der Waals surface area contributed by atoms with Crippen LogP contribution in [-0.2, 0) is 6.42 Å². The number of fused-ring (bicyclic) bond motifs is 8. The predicted molar refractivity (Wildman–Crippen MR) is 250 cm³/mol. The normalized spacial score (nSPS) is 14.0. The topological polar surface area (TPSA) is 17.8 Å². The summed E-state index contributed by atoms with van der Waals surface area (Å²) in [4.78, 5) is 5.10. The van der Waals surface area contributed by atoms with Crippen LogP contribution in [0.4, 0.5) is 0 Å². The van der Waals surface area contributed by atoms with Crippen LogP contribution in [0, 0.1) is 18.3 Å². The van der Waals surface area contributed by atoms with E-state index < -0.39 is 0 Å². The molecule has 10 aromatic rings. The average molecular weight is 759 g/mol. The van der Waals surface area contributed by atoms with E-state index in [0.29, 0.717) is 5.92 Å². The monoisotopic (exact) mass is 758 g/mol. The van der Waals surface area contributed by atoms with Crippen LogP contribution in [0.15, 0.2) is 158 Å². The molecule has 1 unspecified atom stereocenters. The summed E-state index contributed by atoms with van der Waals surface area (Å²) in [6.45, 7) is 4.40. The van der Waals surface area contributed by atoms with Gasteiger partial charge in [0.15, 0.2) is 0 Å². The van der Waals surface area contributed by atoms with Crippen molar-refractivity contribution in [3.63, 3.8) is 0 Å². The summed E-state index contributed by atoms with van der Waals surface area (Å²) in [5.74, 6) is 4.41. The summed E-state index contributed by atoms with van der Waals surface area (Å²) in [5, 5.41) is 7.43. The van der Waals surface area contributed by atoms with Gasteiger partial charge in [-0.3, -0.25) is 4.57 Å². The maximum Gasteiger partial charge on any atom is 0.145 e. The number of aromatic nitrogens is 2. The van der Waals surface area contributed by atoms with E-state index in [-0.39, 0.29) is 0 Å². The highest BCUT2D eigenvalue weighted by molar-refractivity contribution is 7.26. The lowest BCUT2D eigenvalue weighted by Crippen LogP contribution is -2.08. The maximum absolute atomic E-state index is 6.20. The molecule has 58 heavy (non-hydrogen) atoms. The molecule has 2 heterocycles. The standard InChI is InChI=1S/C55H38N2S/c1-4-15-45-39(5-2)40-18-9-10-19-41(40)53-47-33-37(27-31-50(47)58-54(45)53)52-43-21-12-11-20-42(43)51(46-32-34(3)24-30-44(46)52)35-25-28-38(29-26-35)57-49-23-14-13-22-48(49)56-55(57)36-16-7-6-8-17-36/h2,4,6-31,33-34H,32H2,1,3H3/b15-4-. The number of allylic oxidation sites excluding steroid dienone is 2. The van der Waals surface area contributed by atoms with Crippen LogP contribution in [0.3, 0.4) is 0 Å². The zero-order chi connectivity index (χ0) is 38.9. The molecule has 8 aromatic carbocycles. The molecule has 1 atom stereocenters. The average Bonchev–Trinajstić information content (AvgIpc) is 3.85. The lowest BCUT2D eigenvalue weighted by atomic mass is 9.78. The van der Waals surface area contributed by atoms with Crippen molar-refractivity contribution in [2.75, 3.05) is 0 Å². The van der Waals surface area contributed by atoms with Gasteiger partial charge in [0, 0.05) is 42.6 Å². The van der Waals surface area contributed by atoms with Crippen LogP contribution >= 0.6 is 11.3 Å². The largest absolute Gasteiger partial charge is 0.292 e. The Morgan fingerprint density at radius 3 is 2.17 bits per heavy atom. The smallest absolute Gasteiger partial charge is 0.145 e. The van der Waals surface area contributed by atoms with Gasteiger partial charge in [-0.05, 0) is 111 Å². The van der Waals surface area contributed by atoms with Crippen molar-refractivity contribution in [3.05, 3.63) is 180 Å². The Balaban J connectivity index is 1.13. The van der Waals surface area contributed by atoms with Crippen molar-refractivity contribution in [2.24, 2.45) is 5.92 Å². The van der Waals surface area contributed by atoms with E-state index in [2.05, 4.69) is 194 Å². The van der Waals surface area contributed by atoms with E-state index in [4.69, 9.17) is 11.4 Å². The zero-order valence-electron chi connectivity index (χ0n) is 32.3. The minimum Gasteiger partial charge on any atom is -0.292 e. The van der Waals surface area contributed by atoms with Gasteiger partial charge in [0.05, 0.1) is 11.0 Å². The fourth-order valence-corrected chi connectivity index (χ4v) is 10.6. The molecule has 0 saturated heterocycles. The first-order valence-corrected chi connectivity index (χ1v) is 20.8. The van der Waals surface area contributed by atoms with Crippen LogP contribution in [-0.4, -0.2) is 9.55 Å². The molecule has 11 rings (SSSR count). The molecular formula is C55H38N2S. The molecule has 1 aliphatic carbocycles. The molecular weight excluding hydrogens is 721 g/mol. The van der Waals surface area contributed by atoms with Crippen LogP contribution in [0.1, 0.15) is 36.1 Å². The summed E-state index contributed by atoms with van der Waals surface area (Å²) < 4.78 is 4.80. The van der Waals surface area contributed by atoms with Crippen molar-refractivity contribution in [1.82, 2.24) is 9.55 Å². The van der Waals surface area contributed by atoms with Crippen LogP contribution in [0.5, 0.6) is 0 Å². The summed E-state index contributed by atoms with van der Waals surface area (Å²) in [6, 6.07) is 52.8. The third-order valence-electron chi connectivity index (χ3n) is 11.9. The maximum atomic E-state index is 6.20. The SMILES string of the molecule is C#Cc1c(/C=C\C)c2sc3ccc(-c4c5c(c(-c6ccc(-n7c(-c8ccccc8)nc8ccccc87)cc6)c6ccccc46)CC(C)C=C5)cc3c2c2ccccc12. The molecule has 3 heteroatoms. The van der Waals surface area contributed by atoms with Crippen molar-refractivity contribution < 1.29 is 0 Å². The molecule has 0 saturated carbocycles. The molecule has 2 nitrogen and oxygen atoms in total. The number of nitrogens with zero attached hydrogens (tertiary/aromatic N) is 2. The van der Waals surface area contributed by atoms with Crippen LogP contribution in [0.2, 0.25) is 0 Å². The van der Waals surface area contributed by atoms with Gasteiger partial charge in [0.1, 0.15) is 5.82 Å². The molecule has 2 aromatic heterocycles. The van der Waals surface area contributed by atoms with Gasteiger partial charge in [-0.2, -0.15) is 0 Å². The van der Waals surface area contributed by atoms with Gasteiger partial charge in [-0.25, -0.2) is 4.98 Å². The molecule has 274 valence electrons. The highest BCUT2D eigenvalue weighted by Crippen LogP contribution is 2.48. The molecule has 0 amide bonds. The van der Waals surface area contributed by atoms with Gasteiger partial charge < -0.3 is 0 Å². The lowest BCUT2D eigenvalue weighted by Gasteiger charge is -2.26. The summed E-state index contributed by atoms with van der Waals surface area (Å²) >= 11 is 1.84. The number of terminal acetylenes is 1. The molecule has 1 aliphatic rings. The first-order chi connectivity index (χ1) is 28.6. The number of imidazole rings is 1. The fraction of sp³-hybridized carbons (Fsp3) is 0.0727. The molecule has 0 radical (unpaired) electrons. The second kappa shape index (κ2) is 13.6. The Morgan fingerprint density at radius 2 is 1.40 bits per heavy atom. The molecule has 0 N–H and O–H groups in total. The minimum atomic E-state index is 0.426. The summed E-state index contributed by atoms with van der Waals surface area (Å²) in [6.07, 6.45) is 16.2. The van der Waals surface area contributed by atoms with E-state index in [1.54, 1.807) is 0 Å². The fourth-order valence-electron chi connectivity index (χ4n) is 9.41. The number of hydrogen-bond donors (Lipinski definition) is 0. The Morgan fingerprint density at radius 1 is 0.707 bits per heavy atom. The van der Waals surface area contributed by atoms with Crippen molar-refractivity contribution in [3.8, 4) is 51.7 Å². The number of benzene rings is 8. The summed E-state index contributed by atoms with van der Waals surface area (Å²) in [5.41, 5.74) is 14.2. The Labute approximate surface area is 342 Å². The highest BCUT2D eigenvalue weighted by Gasteiger charge is 2.25. The van der Waals surface area contributed by atoms with Crippen molar-refractivity contribution in [2.45, 2.75) is 20.3 Å². The number of hydrogen-bond acceptors (Lipinski definition) is 2. The van der Waals surface area contributed by atoms with Crippen molar-refractivity contribution >= 4 is 76.2 Å². The van der Waals surface area contributed by atoms with E-state index in [1.165, 1.54) is 69.7 Å². The van der Waals surface area contributed by atoms with Gasteiger partial charge in [0.25, 0.3) is 0 Å². The van der Waals surface area contributed by atoms with Crippen LogP contribution < -0.4 is 0 Å². The summed E-state index contributed by atoms with van der Waals surface area (Å²) in [7, 11) is 0. The zero-order valence-corrected chi connectivity index (χ0v) is 33.1. The Kier molecular flexibility index (Phi) is 8.03. The van der Waals surface area contributed by atoms with Crippen LogP contribution in [0.25, 0.3) is 104 Å².